The summed E-state index contributed by atoms with van der Waals surface area (Å²) in [5.41, 5.74) is -0.180. The standard InChI is InChI=1S/C13H14O3/c1-5-13(2,3)16-11-8-6-10(7-9-11)12(14)15-4/h1,6-9H,2-4H3. The van der Waals surface area contributed by atoms with Gasteiger partial charge in [-0.25, -0.2) is 4.79 Å². The molecule has 0 N–H and O–H groups in total. The van der Waals surface area contributed by atoms with E-state index < -0.39 is 5.60 Å². The number of methoxy groups -OCH3 is 1. The van der Waals surface area contributed by atoms with Gasteiger partial charge in [0.1, 0.15) is 5.75 Å². The Morgan fingerprint density at radius 2 is 1.88 bits per heavy atom. The van der Waals surface area contributed by atoms with Crippen LogP contribution in [0.15, 0.2) is 24.3 Å². The first-order chi connectivity index (χ1) is 7.48. The first kappa shape index (κ1) is 12.1. The molecule has 0 aliphatic rings. The second-order valence-corrected chi connectivity index (χ2v) is 3.77. The van der Waals surface area contributed by atoms with Gasteiger partial charge in [-0.05, 0) is 38.1 Å². The molecule has 3 nitrogen and oxygen atoms in total. The van der Waals surface area contributed by atoms with E-state index in [0.29, 0.717) is 11.3 Å². The second-order valence-electron chi connectivity index (χ2n) is 3.77. The van der Waals surface area contributed by atoms with E-state index >= 15 is 0 Å². The molecule has 84 valence electrons. The van der Waals surface area contributed by atoms with Crippen molar-refractivity contribution >= 4 is 5.97 Å². The molecule has 0 aliphatic heterocycles. The lowest BCUT2D eigenvalue weighted by molar-refractivity contribution is 0.0600. The van der Waals surface area contributed by atoms with Crippen molar-refractivity contribution in [1.29, 1.82) is 0 Å². The molecule has 0 atom stereocenters. The van der Waals surface area contributed by atoms with Crippen molar-refractivity contribution in [3.8, 4) is 18.1 Å². The summed E-state index contributed by atoms with van der Waals surface area (Å²) in [5.74, 6) is 2.77. The Morgan fingerprint density at radius 1 is 1.31 bits per heavy atom. The number of benzene rings is 1. The number of esters is 1. The van der Waals surface area contributed by atoms with Gasteiger partial charge in [-0.3, -0.25) is 0 Å². The summed E-state index contributed by atoms with van der Waals surface area (Å²) in [6.07, 6.45) is 5.30. The number of hydrogen-bond acceptors (Lipinski definition) is 3. The van der Waals surface area contributed by atoms with Crippen LogP contribution in [-0.2, 0) is 4.74 Å². The Balaban J connectivity index is 2.81. The Hall–Kier alpha value is -1.95. The van der Waals surface area contributed by atoms with Crippen LogP contribution in [-0.4, -0.2) is 18.7 Å². The molecule has 0 amide bonds. The molecule has 1 rings (SSSR count). The summed E-state index contributed by atoms with van der Waals surface area (Å²) in [6, 6.07) is 6.64. The van der Waals surface area contributed by atoms with Crippen LogP contribution in [0.2, 0.25) is 0 Å². The van der Waals surface area contributed by atoms with Gasteiger partial charge in [0.15, 0.2) is 5.60 Å². The highest BCUT2D eigenvalue weighted by atomic mass is 16.5. The molecular formula is C13H14O3. The molecule has 1 aromatic carbocycles. The summed E-state index contributed by atoms with van der Waals surface area (Å²) in [7, 11) is 1.34. The van der Waals surface area contributed by atoms with E-state index in [1.54, 1.807) is 38.1 Å². The first-order valence-corrected chi connectivity index (χ1v) is 4.83. The molecule has 0 fully saturated rings. The monoisotopic (exact) mass is 218 g/mol. The smallest absolute Gasteiger partial charge is 0.337 e. The van der Waals surface area contributed by atoms with Crippen molar-refractivity contribution in [2.45, 2.75) is 19.4 Å². The number of terminal acetylenes is 1. The Morgan fingerprint density at radius 3 is 2.31 bits per heavy atom. The Kier molecular flexibility index (Phi) is 3.57. The second kappa shape index (κ2) is 4.71. The van der Waals surface area contributed by atoms with Crippen LogP contribution < -0.4 is 4.74 Å². The Bertz CT molecular complexity index is 410. The van der Waals surface area contributed by atoms with E-state index in [2.05, 4.69) is 10.7 Å². The van der Waals surface area contributed by atoms with Crippen molar-refractivity contribution in [2.75, 3.05) is 7.11 Å². The van der Waals surface area contributed by atoms with Crippen LogP contribution >= 0.6 is 0 Å². The maximum Gasteiger partial charge on any atom is 0.337 e. The van der Waals surface area contributed by atoms with E-state index in [4.69, 9.17) is 11.2 Å². The predicted molar refractivity (Wildman–Crippen MR) is 61.3 cm³/mol. The fraction of sp³-hybridized carbons (Fsp3) is 0.308. The lowest BCUT2D eigenvalue weighted by atomic mass is 10.1. The van der Waals surface area contributed by atoms with Crippen LogP contribution in [0, 0.1) is 12.3 Å². The molecule has 0 radical (unpaired) electrons. The zero-order valence-electron chi connectivity index (χ0n) is 9.61. The van der Waals surface area contributed by atoms with Crippen LogP contribution in [0.1, 0.15) is 24.2 Å². The molecule has 0 aromatic heterocycles. The van der Waals surface area contributed by atoms with Gasteiger partial charge in [-0.1, -0.05) is 5.92 Å². The molecule has 0 bridgehead atoms. The minimum Gasteiger partial charge on any atom is -0.475 e. The molecule has 0 saturated heterocycles. The van der Waals surface area contributed by atoms with Crippen molar-refractivity contribution in [3.63, 3.8) is 0 Å². The minimum absolute atomic E-state index is 0.372. The van der Waals surface area contributed by atoms with E-state index in [1.807, 2.05) is 0 Å². The number of carbonyl (C=O) groups is 1. The highest BCUT2D eigenvalue weighted by molar-refractivity contribution is 5.89. The number of carbonyl (C=O) groups excluding carboxylic acids is 1. The lowest BCUT2D eigenvalue weighted by Gasteiger charge is -2.20. The van der Waals surface area contributed by atoms with E-state index in [1.165, 1.54) is 7.11 Å². The lowest BCUT2D eigenvalue weighted by Crippen LogP contribution is -2.25. The predicted octanol–water partition coefficient (Wildman–Crippen LogP) is 2.26. The zero-order chi connectivity index (χ0) is 12.2. The van der Waals surface area contributed by atoms with Gasteiger partial charge in [-0.15, -0.1) is 6.42 Å². The quantitative estimate of drug-likeness (QED) is 0.576. The SMILES string of the molecule is C#CC(C)(C)Oc1ccc(C(=O)OC)cc1. The number of hydrogen-bond donors (Lipinski definition) is 0. The van der Waals surface area contributed by atoms with Gasteiger partial charge in [0.25, 0.3) is 0 Å². The molecule has 0 aliphatic carbocycles. The van der Waals surface area contributed by atoms with Gasteiger partial charge in [0, 0.05) is 0 Å². The van der Waals surface area contributed by atoms with Gasteiger partial charge in [0.2, 0.25) is 0 Å². The molecule has 0 saturated carbocycles. The summed E-state index contributed by atoms with van der Waals surface area (Å²) >= 11 is 0. The average molecular weight is 218 g/mol. The number of ether oxygens (including phenoxy) is 2. The van der Waals surface area contributed by atoms with Gasteiger partial charge in [-0.2, -0.15) is 0 Å². The maximum atomic E-state index is 11.2. The van der Waals surface area contributed by atoms with Crippen LogP contribution in [0.5, 0.6) is 5.75 Å². The normalized spacial score (nSPS) is 10.4. The van der Waals surface area contributed by atoms with Crippen LogP contribution in [0.25, 0.3) is 0 Å². The molecule has 0 spiro atoms. The molecule has 1 aromatic rings. The molecular weight excluding hydrogens is 204 g/mol. The van der Waals surface area contributed by atoms with Crippen molar-refractivity contribution in [1.82, 2.24) is 0 Å². The van der Waals surface area contributed by atoms with Crippen LogP contribution in [0.4, 0.5) is 0 Å². The molecule has 0 heterocycles. The van der Waals surface area contributed by atoms with Gasteiger partial charge in [0.05, 0.1) is 12.7 Å². The third kappa shape index (κ3) is 3.03. The van der Waals surface area contributed by atoms with Crippen molar-refractivity contribution in [2.24, 2.45) is 0 Å². The fourth-order valence-electron chi connectivity index (χ4n) is 1.10. The largest absolute Gasteiger partial charge is 0.475 e. The van der Waals surface area contributed by atoms with E-state index in [9.17, 15) is 4.79 Å². The average Bonchev–Trinajstić information content (AvgIpc) is 2.28. The first-order valence-electron chi connectivity index (χ1n) is 4.83. The maximum absolute atomic E-state index is 11.2. The number of rotatable bonds is 3. The zero-order valence-corrected chi connectivity index (χ0v) is 9.61. The van der Waals surface area contributed by atoms with E-state index in [0.717, 1.165) is 0 Å². The van der Waals surface area contributed by atoms with E-state index in [-0.39, 0.29) is 5.97 Å². The summed E-state index contributed by atoms with van der Waals surface area (Å²) in [4.78, 5) is 11.2. The molecule has 3 heteroatoms. The van der Waals surface area contributed by atoms with Crippen molar-refractivity contribution < 1.29 is 14.3 Å². The minimum atomic E-state index is -0.660. The van der Waals surface area contributed by atoms with Gasteiger partial charge < -0.3 is 9.47 Å². The molecule has 16 heavy (non-hydrogen) atoms. The van der Waals surface area contributed by atoms with Crippen LogP contribution in [0.3, 0.4) is 0 Å². The highest BCUT2D eigenvalue weighted by Crippen LogP contribution is 2.18. The summed E-state index contributed by atoms with van der Waals surface area (Å²) < 4.78 is 10.1. The highest BCUT2D eigenvalue weighted by Gasteiger charge is 2.15. The topological polar surface area (TPSA) is 35.5 Å². The Labute approximate surface area is 95.4 Å². The van der Waals surface area contributed by atoms with Crippen molar-refractivity contribution in [3.05, 3.63) is 29.8 Å². The summed E-state index contributed by atoms with van der Waals surface area (Å²) in [6.45, 7) is 3.59. The fourth-order valence-corrected chi connectivity index (χ4v) is 1.10. The van der Waals surface area contributed by atoms with Gasteiger partial charge >= 0.3 is 5.97 Å². The molecule has 0 unspecified atom stereocenters. The third-order valence-electron chi connectivity index (χ3n) is 2.00. The summed E-state index contributed by atoms with van der Waals surface area (Å²) in [5, 5.41) is 0. The third-order valence-corrected chi connectivity index (χ3v) is 2.00.